The topological polar surface area (TPSA) is 167 Å². The maximum atomic E-state index is 12.9. The Morgan fingerprint density at radius 2 is 0.939 bits per heavy atom. The van der Waals surface area contributed by atoms with Crippen molar-refractivity contribution in [3.05, 3.63) is 88.0 Å². The van der Waals surface area contributed by atoms with Gasteiger partial charge in [0.2, 0.25) is 18.2 Å². The van der Waals surface area contributed by atoms with Crippen LogP contribution in [0.15, 0.2) is 69.6 Å². The molecule has 0 fully saturated rings. The zero-order valence-corrected chi connectivity index (χ0v) is 27.9. The van der Waals surface area contributed by atoms with Gasteiger partial charge in [-0.15, -0.1) is 0 Å². The van der Waals surface area contributed by atoms with Gasteiger partial charge in [0.15, 0.2) is 0 Å². The molecule has 3 rings (SSSR count). The summed E-state index contributed by atoms with van der Waals surface area (Å²) in [7, 11) is 0. The lowest BCUT2D eigenvalue weighted by molar-refractivity contribution is -0.157. The average molecular weight is 668 g/mol. The second kappa shape index (κ2) is 18.5. The number of hydrogen-bond donors (Lipinski definition) is 0. The number of hydrogen-bond acceptors (Lipinski definition) is 12. The molecule has 0 aliphatic heterocycles. The molecule has 0 saturated carbocycles. The molecule has 12 nitrogen and oxygen atoms in total. The Morgan fingerprint density at radius 1 is 0.592 bits per heavy atom. The highest BCUT2D eigenvalue weighted by molar-refractivity contribution is 5.75. The first kappa shape index (κ1) is 37.7. The van der Waals surface area contributed by atoms with E-state index in [1.807, 2.05) is 6.92 Å². The number of nitrogens with zero attached hydrogens (tertiary/aromatic N) is 3. The van der Waals surface area contributed by atoms with Gasteiger partial charge in [-0.25, -0.2) is 14.4 Å². The van der Waals surface area contributed by atoms with Crippen molar-refractivity contribution in [2.75, 3.05) is 19.8 Å². The molecule has 49 heavy (non-hydrogen) atoms. The summed E-state index contributed by atoms with van der Waals surface area (Å²) < 4.78 is 16.9. The predicted octanol–water partition coefficient (Wildman–Crippen LogP) is 5.96. The van der Waals surface area contributed by atoms with E-state index in [1.165, 1.54) is 18.2 Å². The number of esters is 3. The summed E-state index contributed by atoms with van der Waals surface area (Å²) in [6.07, 6.45) is 4.85. The van der Waals surface area contributed by atoms with Gasteiger partial charge in [-0.2, -0.15) is 15.0 Å². The molecule has 0 saturated heterocycles. The SMILES string of the molecule is CCC(CCOC(=O)Cc1ccc(C)c(N=C=O)c1)(COC(=O)Cc1ccc(C)c(N=C=O)c1)COC(=O)Cc1ccc(C)c(N=C=O)c1. The Kier molecular flexibility index (Phi) is 14.2. The van der Waals surface area contributed by atoms with E-state index in [-0.39, 0.29) is 45.5 Å². The minimum atomic E-state index is -0.901. The molecule has 0 N–H and O–H groups in total. The number of aryl methyl sites for hydroxylation is 3. The van der Waals surface area contributed by atoms with Crippen molar-refractivity contribution in [1.29, 1.82) is 0 Å². The van der Waals surface area contributed by atoms with Crippen LogP contribution in [0.25, 0.3) is 0 Å². The van der Waals surface area contributed by atoms with Gasteiger partial charge in [-0.05, 0) is 85.2 Å². The van der Waals surface area contributed by atoms with Gasteiger partial charge in [-0.3, -0.25) is 14.4 Å². The smallest absolute Gasteiger partial charge is 0.310 e. The molecule has 0 bridgehead atoms. The molecular weight excluding hydrogens is 630 g/mol. The van der Waals surface area contributed by atoms with Crippen molar-refractivity contribution in [3.8, 4) is 0 Å². The maximum absolute atomic E-state index is 12.9. The molecule has 12 heteroatoms. The van der Waals surface area contributed by atoms with Crippen LogP contribution in [0.4, 0.5) is 17.1 Å². The molecule has 0 heterocycles. The molecule has 0 unspecified atom stereocenters. The molecule has 0 aromatic heterocycles. The molecule has 3 aromatic rings. The quantitative estimate of drug-likeness (QED) is 0.0730. The normalized spacial score (nSPS) is 11.5. The van der Waals surface area contributed by atoms with Crippen LogP contribution in [0.5, 0.6) is 0 Å². The molecule has 0 spiro atoms. The monoisotopic (exact) mass is 667 g/mol. The van der Waals surface area contributed by atoms with Crippen LogP contribution < -0.4 is 0 Å². The summed E-state index contributed by atoms with van der Waals surface area (Å²) in [5.41, 5.74) is 4.32. The van der Waals surface area contributed by atoms with Gasteiger partial charge in [-0.1, -0.05) is 43.3 Å². The third-order valence-corrected chi connectivity index (χ3v) is 8.09. The molecule has 0 radical (unpaired) electrons. The highest BCUT2D eigenvalue weighted by atomic mass is 16.6. The number of ether oxygens (including phenoxy) is 3. The second-order valence-corrected chi connectivity index (χ2v) is 11.6. The highest BCUT2D eigenvalue weighted by Gasteiger charge is 2.33. The van der Waals surface area contributed by atoms with E-state index in [1.54, 1.807) is 75.4 Å². The Morgan fingerprint density at radius 3 is 1.27 bits per heavy atom. The minimum absolute atomic E-state index is 0.0526. The van der Waals surface area contributed by atoms with E-state index >= 15 is 0 Å². The molecule has 254 valence electrons. The summed E-state index contributed by atoms with van der Waals surface area (Å²) in [5, 5.41) is 0. The van der Waals surface area contributed by atoms with Crippen LogP contribution in [-0.4, -0.2) is 56.0 Å². The minimum Gasteiger partial charge on any atom is -0.465 e. The maximum Gasteiger partial charge on any atom is 0.310 e. The van der Waals surface area contributed by atoms with Crippen molar-refractivity contribution in [2.24, 2.45) is 20.4 Å². The lowest BCUT2D eigenvalue weighted by Gasteiger charge is -2.31. The van der Waals surface area contributed by atoms with Gasteiger partial charge in [0.25, 0.3) is 0 Å². The van der Waals surface area contributed by atoms with Gasteiger partial charge < -0.3 is 14.2 Å². The van der Waals surface area contributed by atoms with Crippen molar-refractivity contribution >= 4 is 53.2 Å². The van der Waals surface area contributed by atoms with Crippen LogP contribution in [0.2, 0.25) is 0 Å². The Bertz CT molecular complexity index is 1750. The van der Waals surface area contributed by atoms with E-state index in [0.717, 1.165) is 16.7 Å². The van der Waals surface area contributed by atoms with Crippen LogP contribution in [0.3, 0.4) is 0 Å². The van der Waals surface area contributed by atoms with Gasteiger partial charge in [0, 0.05) is 5.41 Å². The Balaban J connectivity index is 1.70. The first-order valence-electron chi connectivity index (χ1n) is 15.5. The lowest BCUT2D eigenvalue weighted by atomic mass is 9.83. The number of carbonyl (C=O) groups is 3. The Labute approximate surface area is 283 Å². The van der Waals surface area contributed by atoms with Crippen molar-refractivity contribution in [2.45, 2.75) is 59.8 Å². The van der Waals surface area contributed by atoms with Gasteiger partial charge >= 0.3 is 17.9 Å². The molecule has 3 aromatic carbocycles. The molecule has 0 atom stereocenters. The van der Waals surface area contributed by atoms with E-state index in [4.69, 9.17) is 14.2 Å². The zero-order chi connectivity index (χ0) is 35.8. The van der Waals surface area contributed by atoms with E-state index < -0.39 is 23.3 Å². The molecule has 0 amide bonds. The van der Waals surface area contributed by atoms with Crippen LogP contribution >= 0.6 is 0 Å². The molecule has 0 aliphatic carbocycles. The Hall–Kier alpha value is -5.79. The van der Waals surface area contributed by atoms with Crippen LogP contribution in [0, 0.1) is 26.2 Å². The third kappa shape index (κ3) is 11.8. The number of rotatable bonds is 17. The van der Waals surface area contributed by atoms with E-state index in [2.05, 4.69) is 15.0 Å². The summed E-state index contributed by atoms with van der Waals surface area (Å²) >= 11 is 0. The van der Waals surface area contributed by atoms with E-state index in [0.29, 0.717) is 40.2 Å². The molecular formula is C37H37N3O9. The van der Waals surface area contributed by atoms with Crippen LogP contribution in [0.1, 0.15) is 53.1 Å². The number of isocyanates is 3. The predicted molar refractivity (Wildman–Crippen MR) is 178 cm³/mol. The fourth-order valence-corrected chi connectivity index (χ4v) is 4.87. The van der Waals surface area contributed by atoms with Gasteiger partial charge in [0.05, 0.1) is 42.9 Å². The van der Waals surface area contributed by atoms with Crippen molar-refractivity contribution < 1.29 is 43.0 Å². The summed E-state index contributed by atoms with van der Waals surface area (Å²) in [6.45, 7) is 6.86. The summed E-state index contributed by atoms with van der Waals surface area (Å²) in [6, 6.07) is 15.2. The third-order valence-electron chi connectivity index (χ3n) is 8.09. The highest BCUT2D eigenvalue weighted by Crippen LogP contribution is 2.29. The molecule has 0 aliphatic rings. The van der Waals surface area contributed by atoms with Gasteiger partial charge in [0.1, 0.15) is 13.2 Å². The second-order valence-electron chi connectivity index (χ2n) is 11.6. The average Bonchev–Trinajstić information content (AvgIpc) is 3.07. The van der Waals surface area contributed by atoms with Crippen molar-refractivity contribution in [3.63, 3.8) is 0 Å². The van der Waals surface area contributed by atoms with Crippen molar-refractivity contribution in [1.82, 2.24) is 0 Å². The number of benzene rings is 3. The summed E-state index contributed by atoms with van der Waals surface area (Å²) in [4.78, 5) is 81.7. The standard InChI is InChI=1S/C37H37N3O9/c1-5-37(20-48-35(45)18-29-10-7-26(3)32(15-29)39-23-42,21-49-36(46)19-30-11-8-27(4)33(16-30)40-24-43)12-13-47-34(44)17-28-9-6-25(2)31(14-28)38-22-41/h6-11,14-16H,5,12-13,17-21H2,1-4H3. The fourth-order valence-electron chi connectivity index (χ4n) is 4.87. The largest absolute Gasteiger partial charge is 0.465 e. The summed E-state index contributed by atoms with van der Waals surface area (Å²) in [5.74, 6) is -1.63. The van der Waals surface area contributed by atoms with Crippen LogP contribution in [-0.2, 0) is 62.2 Å². The number of carbonyl (C=O) groups excluding carboxylic acids is 6. The fraction of sp³-hybridized carbons (Fsp3) is 0.351. The first-order chi connectivity index (χ1) is 23.5. The van der Waals surface area contributed by atoms with E-state index in [9.17, 15) is 28.8 Å². The first-order valence-corrected chi connectivity index (χ1v) is 15.5. The zero-order valence-electron chi connectivity index (χ0n) is 27.9. The number of aliphatic imine (C=N–C) groups is 3. The lowest BCUT2D eigenvalue weighted by Crippen LogP contribution is -2.36.